The van der Waals surface area contributed by atoms with Crippen molar-refractivity contribution in [2.24, 2.45) is 0 Å². The Kier molecular flexibility index (Phi) is 5.96. The van der Waals surface area contributed by atoms with E-state index in [1.165, 1.54) is 28.7 Å². The van der Waals surface area contributed by atoms with E-state index < -0.39 is 11.7 Å². The largest absolute Gasteiger partial charge is 0.343 e. The van der Waals surface area contributed by atoms with Crippen LogP contribution in [0.25, 0.3) is 0 Å². The molecule has 136 valence electrons. The fourth-order valence-corrected chi connectivity index (χ4v) is 3.14. The Hall–Kier alpha value is -2.73. The summed E-state index contributed by atoms with van der Waals surface area (Å²) in [6.07, 6.45) is 0. The van der Waals surface area contributed by atoms with Gasteiger partial charge in [0.2, 0.25) is 5.91 Å². The first-order chi connectivity index (χ1) is 12.6. The predicted octanol–water partition coefficient (Wildman–Crippen LogP) is 0.483. The minimum absolute atomic E-state index is 0.0441. The van der Waals surface area contributed by atoms with Gasteiger partial charge in [-0.15, -0.1) is 0 Å². The number of hydrogen-bond donors (Lipinski definition) is 2. The maximum absolute atomic E-state index is 13.6. The molecule has 0 aromatic heterocycles. The highest BCUT2D eigenvalue weighted by molar-refractivity contribution is 5.96. The molecule has 0 atom stereocenters. The SMILES string of the molecule is O=C(NCC(=O)N1CC[NH+](Cc2ccccc2)CC1)c1ccccc1F. The van der Waals surface area contributed by atoms with Gasteiger partial charge in [0.15, 0.2) is 0 Å². The van der Waals surface area contributed by atoms with Gasteiger partial charge in [-0.2, -0.15) is 0 Å². The number of carbonyl (C=O) groups is 2. The van der Waals surface area contributed by atoms with E-state index in [0.717, 1.165) is 19.6 Å². The Labute approximate surface area is 152 Å². The molecule has 3 rings (SSSR count). The van der Waals surface area contributed by atoms with Gasteiger partial charge in [0.25, 0.3) is 5.91 Å². The maximum Gasteiger partial charge on any atom is 0.254 e. The molecule has 0 bridgehead atoms. The predicted molar refractivity (Wildman–Crippen MR) is 96.2 cm³/mol. The average molecular weight is 356 g/mol. The smallest absolute Gasteiger partial charge is 0.254 e. The van der Waals surface area contributed by atoms with Gasteiger partial charge in [0.05, 0.1) is 38.3 Å². The normalized spacial score (nSPS) is 14.9. The van der Waals surface area contributed by atoms with E-state index in [4.69, 9.17) is 0 Å². The summed E-state index contributed by atoms with van der Waals surface area (Å²) in [5.74, 6) is -1.28. The van der Waals surface area contributed by atoms with E-state index in [1.54, 1.807) is 11.0 Å². The first-order valence-corrected chi connectivity index (χ1v) is 8.81. The Morgan fingerprint density at radius 1 is 1.00 bits per heavy atom. The summed E-state index contributed by atoms with van der Waals surface area (Å²) in [6, 6.07) is 16.0. The van der Waals surface area contributed by atoms with Crippen molar-refractivity contribution in [1.29, 1.82) is 0 Å². The molecule has 2 N–H and O–H groups in total. The van der Waals surface area contributed by atoms with Crippen LogP contribution in [0.15, 0.2) is 54.6 Å². The third kappa shape index (κ3) is 4.67. The van der Waals surface area contributed by atoms with Crippen LogP contribution in [-0.4, -0.2) is 49.4 Å². The molecule has 2 aromatic carbocycles. The van der Waals surface area contributed by atoms with Crippen molar-refractivity contribution in [3.05, 3.63) is 71.5 Å². The lowest BCUT2D eigenvalue weighted by Gasteiger charge is -2.32. The van der Waals surface area contributed by atoms with Gasteiger partial charge in [0, 0.05) is 5.56 Å². The van der Waals surface area contributed by atoms with E-state index in [2.05, 4.69) is 17.4 Å². The van der Waals surface area contributed by atoms with Crippen LogP contribution < -0.4 is 10.2 Å². The summed E-state index contributed by atoms with van der Waals surface area (Å²) in [7, 11) is 0. The van der Waals surface area contributed by atoms with Crippen LogP contribution in [0.4, 0.5) is 4.39 Å². The first kappa shape index (κ1) is 18.1. The molecule has 0 aliphatic carbocycles. The van der Waals surface area contributed by atoms with Gasteiger partial charge in [0.1, 0.15) is 12.4 Å². The van der Waals surface area contributed by atoms with Crippen LogP contribution >= 0.6 is 0 Å². The number of benzene rings is 2. The number of halogens is 1. The topological polar surface area (TPSA) is 53.9 Å². The van der Waals surface area contributed by atoms with Crippen LogP contribution in [0.2, 0.25) is 0 Å². The van der Waals surface area contributed by atoms with Crippen molar-refractivity contribution in [2.75, 3.05) is 32.7 Å². The molecule has 2 aromatic rings. The van der Waals surface area contributed by atoms with Crippen LogP contribution in [-0.2, 0) is 11.3 Å². The zero-order chi connectivity index (χ0) is 18.4. The summed E-state index contributed by atoms with van der Waals surface area (Å²) in [5, 5.41) is 2.51. The van der Waals surface area contributed by atoms with Gasteiger partial charge in [-0.05, 0) is 12.1 Å². The highest BCUT2D eigenvalue weighted by Crippen LogP contribution is 2.05. The molecule has 1 aliphatic heterocycles. The molecule has 5 nitrogen and oxygen atoms in total. The Balaban J connectivity index is 1.44. The van der Waals surface area contributed by atoms with E-state index in [-0.39, 0.29) is 18.0 Å². The molecule has 0 saturated carbocycles. The summed E-state index contributed by atoms with van der Waals surface area (Å²) in [4.78, 5) is 27.5. The molecule has 0 radical (unpaired) electrons. The second kappa shape index (κ2) is 8.58. The molecule has 1 aliphatic rings. The van der Waals surface area contributed by atoms with Crippen LogP contribution in [0.5, 0.6) is 0 Å². The first-order valence-electron chi connectivity index (χ1n) is 8.81. The van der Waals surface area contributed by atoms with Crippen LogP contribution in [0.3, 0.4) is 0 Å². The summed E-state index contributed by atoms with van der Waals surface area (Å²) < 4.78 is 13.6. The number of nitrogens with zero attached hydrogens (tertiary/aromatic N) is 1. The van der Waals surface area contributed by atoms with Crippen molar-refractivity contribution in [1.82, 2.24) is 10.2 Å². The molecule has 0 spiro atoms. The van der Waals surface area contributed by atoms with Crippen LogP contribution in [0, 0.1) is 5.82 Å². The highest BCUT2D eigenvalue weighted by atomic mass is 19.1. The van der Waals surface area contributed by atoms with Crippen molar-refractivity contribution in [2.45, 2.75) is 6.54 Å². The molecule has 26 heavy (non-hydrogen) atoms. The number of hydrogen-bond acceptors (Lipinski definition) is 2. The highest BCUT2D eigenvalue weighted by Gasteiger charge is 2.24. The van der Waals surface area contributed by atoms with E-state index in [0.29, 0.717) is 13.1 Å². The van der Waals surface area contributed by atoms with E-state index >= 15 is 0 Å². The van der Waals surface area contributed by atoms with E-state index in [1.807, 2.05) is 18.2 Å². The van der Waals surface area contributed by atoms with Gasteiger partial charge in [-0.1, -0.05) is 42.5 Å². The standard InChI is InChI=1S/C20H22FN3O2/c21-18-9-5-4-8-17(18)20(26)22-14-19(25)24-12-10-23(11-13-24)15-16-6-2-1-3-7-16/h1-9H,10-15H2,(H,22,26)/p+1. The number of carbonyl (C=O) groups excluding carboxylic acids is 2. The number of quaternary nitrogens is 1. The van der Waals surface area contributed by atoms with E-state index in [9.17, 15) is 14.0 Å². The fraction of sp³-hybridized carbons (Fsp3) is 0.300. The molecule has 2 amide bonds. The number of nitrogens with one attached hydrogen (secondary N) is 2. The monoisotopic (exact) mass is 356 g/mol. The third-order valence-corrected chi connectivity index (χ3v) is 4.64. The third-order valence-electron chi connectivity index (χ3n) is 4.64. The van der Waals surface area contributed by atoms with Gasteiger partial charge >= 0.3 is 0 Å². The molecule has 1 heterocycles. The van der Waals surface area contributed by atoms with Gasteiger partial charge < -0.3 is 15.1 Å². The lowest BCUT2D eigenvalue weighted by atomic mass is 10.2. The molecular weight excluding hydrogens is 333 g/mol. The van der Waals surface area contributed by atoms with Gasteiger partial charge in [-0.3, -0.25) is 9.59 Å². The Morgan fingerprint density at radius 3 is 2.35 bits per heavy atom. The zero-order valence-electron chi connectivity index (χ0n) is 14.6. The lowest BCUT2D eigenvalue weighted by Crippen LogP contribution is -3.13. The maximum atomic E-state index is 13.6. The van der Waals surface area contributed by atoms with Crippen molar-refractivity contribution < 1.29 is 18.9 Å². The number of piperazine rings is 1. The molecule has 0 unspecified atom stereocenters. The average Bonchev–Trinajstić information content (AvgIpc) is 2.67. The number of rotatable bonds is 5. The summed E-state index contributed by atoms with van der Waals surface area (Å²) >= 11 is 0. The van der Waals surface area contributed by atoms with Crippen LogP contribution in [0.1, 0.15) is 15.9 Å². The summed E-state index contributed by atoms with van der Waals surface area (Å²) in [6.45, 7) is 3.92. The molecular formula is C20H23FN3O2+. The van der Waals surface area contributed by atoms with Crippen molar-refractivity contribution in [3.63, 3.8) is 0 Å². The second-order valence-electron chi connectivity index (χ2n) is 6.46. The Bertz CT molecular complexity index is 759. The quantitative estimate of drug-likeness (QED) is 0.819. The van der Waals surface area contributed by atoms with Crippen molar-refractivity contribution in [3.8, 4) is 0 Å². The minimum atomic E-state index is -0.587. The molecule has 1 saturated heterocycles. The Morgan fingerprint density at radius 2 is 1.65 bits per heavy atom. The molecule has 6 heteroatoms. The lowest BCUT2D eigenvalue weighted by molar-refractivity contribution is -0.917. The van der Waals surface area contributed by atoms with Gasteiger partial charge in [-0.25, -0.2) is 4.39 Å². The summed E-state index contributed by atoms with van der Waals surface area (Å²) in [5.41, 5.74) is 1.25. The second-order valence-corrected chi connectivity index (χ2v) is 6.46. The zero-order valence-corrected chi connectivity index (χ0v) is 14.6. The fourth-order valence-electron chi connectivity index (χ4n) is 3.14. The van der Waals surface area contributed by atoms with Crippen molar-refractivity contribution >= 4 is 11.8 Å². The minimum Gasteiger partial charge on any atom is -0.343 e. The molecule has 1 fully saturated rings. The number of amides is 2.